The van der Waals surface area contributed by atoms with Crippen molar-refractivity contribution in [1.82, 2.24) is 19.9 Å². The Hall–Kier alpha value is -2.93. The van der Waals surface area contributed by atoms with Gasteiger partial charge in [-0.1, -0.05) is 6.07 Å². The Labute approximate surface area is 176 Å². The molecule has 1 aliphatic rings. The molecule has 2 atom stereocenters. The highest BCUT2D eigenvalue weighted by molar-refractivity contribution is 5.81. The smallest absolute Gasteiger partial charge is 0.212 e. The zero-order valence-corrected chi connectivity index (χ0v) is 17.7. The average Bonchev–Trinajstić information content (AvgIpc) is 3.18. The van der Waals surface area contributed by atoms with Crippen molar-refractivity contribution in [1.29, 1.82) is 0 Å². The minimum Gasteiger partial charge on any atom is -0.497 e. The van der Waals surface area contributed by atoms with Crippen molar-refractivity contribution < 1.29 is 14.3 Å². The quantitative estimate of drug-likeness (QED) is 0.644. The number of ether oxygens (including phenoxy) is 2. The summed E-state index contributed by atoms with van der Waals surface area (Å²) in [7, 11) is 5.37. The number of carbonyl (C=O) groups excluding carboxylic acids is 1. The second kappa shape index (κ2) is 8.83. The molecule has 2 aromatic heterocycles. The number of aromatic amines is 1. The Bertz CT molecular complexity index is 1010. The van der Waals surface area contributed by atoms with Gasteiger partial charge < -0.3 is 14.5 Å². The Morgan fingerprint density at radius 1 is 1.23 bits per heavy atom. The molecule has 1 aliphatic heterocycles. The molecule has 0 aliphatic carbocycles. The highest BCUT2D eigenvalue weighted by Crippen LogP contribution is 2.35. The summed E-state index contributed by atoms with van der Waals surface area (Å²) < 4.78 is 10.4. The number of ketones is 1. The number of aromatic nitrogens is 3. The lowest BCUT2D eigenvalue weighted by Crippen LogP contribution is -2.35. The van der Waals surface area contributed by atoms with Crippen molar-refractivity contribution in [2.45, 2.75) is 31.7 Å². The van der Waals surface area contributed by atoms with Crippen molar-refractivity contribution in [2.24, 2.45) is 5.92 Å². The van der Waals surface area contributed by atoms with E-state index in [9.17, 15) is 4.79 Å². The van der Waals surface area contributed by atoms with Gasteiger partial charge >= 0.3 is 0 Å². The monoisotopic (exact) mass is 408 g/mol. The number of pyridine rings is 1. The molecule has 0 bridgehead atoms. The summed E-state index contributed by atoms with van der Waals surface area (Å²) >= 11 is 0. The number of Topliss-reactive ketones (excluding diaryl/α,β-unsaturated/α-hetero) is 1. The molecular weight excluding hydrogens is 380 g/mol. The van der Waals surface area contributed by atoms with Crippen LogP contribution in [-0.4, -0.2) is 53.4 Å². The van der Waals surface area contributed by atoms with E-state index in [2.05, 4.69) is 21.9 Å². The summed E-state index contributed by atoms with van der Waals surface area (Å²) in [6.45, 7) is 0.951. The fourth-order valence-corrected chi connectivity index (χ4v) is 4.21. The van der Waals surface area contributed by atoms with Crippen molar-refractivity contribution in [3.8, 4) is 11.6 Å². The van der Waals surface area contributed by atoms with E-state index in [1.807, 2.05) is 24.3 Å². The third kappa shape index (κ3) is 4.46. The van der Waals surface area contributed by atoms with E-state index in [-0.39, 0.29) is 11.8 Å². The zero-order valence-electron chi connectivity index (χ0n) is 17.7. The van der Waals surface area contributed by atoms with E-state index in [1.165, 1.54) is 0 Å². The molecule has 1 saturated heterocycles. The van der Waals surface area contributed by atoms with Gasteiger partial charge in [-0.2, -0.15) is 0 Å². The summed E-state index contributed by atoms with van der Waals surface area (Å²) in [4.78, 5) is 27.4. The molecule has 7 nitrogen and oxygen atoms in total. The van der Waals surface area contributed by atoms with Gasteiger partial charge in [0.15, 0.2) is 0 Å². The van der Waals surface area contributed by atoms with Crippen LogP contribution in [0.3, 0.4) is 0 Å². The number of benzene rings is 1. The number of likely N-dealkylation sites (tertiary alicyclic amines) is 1. The number of fused-ring (bicyclic) bond motifs is 1. The lowest BCUT2D eigenvalue weighted by atomic mass is 9.86. The first-order valence-corrected chi connectivity index (χ1v) is 10.3. The van der Waals surface area contributed by atoms with E-state index in [0.717, 1.165) is 47.6 Å². The van der Waals surface area contributed by atoms with Crippen LogP contribution in [0, 0.1) is 5.92 Å². The van der Waals surface area contributed by atoms with Gasteiger partial charge in [0.25, 0.3) is 0 Å². The van der Waals surface area contributed by atoms with Gasteiger partial charge in [0.1, 0.15) is 17.4 Å². The highest BCUT2D eigenvalue weighted by atomic mass is 16.5. The SMILES string of the molecule is COc1ccc2nc([C@H]3C[C@H](CC(=O)Cc4ccc(OC)nc4)CCN3C)[nH]c2c1. The maximum Gasteiger partial charge on any atom is 0.212 e. The number of piperidine rings is 1. The molecule has 1 aromatic carbocycles. The number of H-pyrrole nitrogens is 1. The molecule has 4 rings (SSSR count). The molecule has 0 unspecified atom stereocenters. The first-order valence-electron chi connectivity index (χ1n) is 10.3. The topological polar surface area (TPSA) is 80.3 Å². The van der Waals surface area contributed by atoms with Crippen LogP contribution in [0.2, 0.25) is 0 Å². The summed E-state index contributed by atoms with van der Waals surface area (Å²) in [5.41, 5.74) is 2.84. The van der Waals surface area contributed by atoms with Crippen molar-refractivity contribution in [3.63, 3.8) is 0 Å². The van der Waals surface area contributed by atoms with E-state index in [4.69, 9.17) is 14.5 Å². The first-order chi connectivity index (χ1) is 14.6. The van der Waals surface area contributed by atoms with Gasteiger partial charge in [0, 0.05) is 31.2 Å². The van der Waals surface area contributed by atoms with Crippen LogP contribution in [0.4, 0.5) is 0 Å². The maximum absolute atomic E-state index is 12.7. The average molecular weight is 409 g/mol. The fraction of sp³-hybridized carbons (Fsp3) is 0.435. The molecule has 158 valence electrons. The summed E-state index contributed by atoms with van der Waals surface area (Å²) in [6, 6.07) is 9.75. The number of hydrogen-bond donors (Lipinski definition) is 1. The molecule has 1 N–H and O–H groups in total. The highest BCUT2D eigenvalue weighted by Gasteiger charge is 2.30. The Kier molecular flexibility index (Phi) is 5.99. The van der Waals surface area contributed by atoms with Crippen LogP contribution in [0.25, 0.3) is 11.0 Å². The van der Waals surface area contributed by atoms with E-state index >= 15 is 0 Å². The van der Waals surface area contributed by atoms with Gasteiger partial charge in [0.2, 0.25) is 5.88 Å². The second-order valence-electron chi connectivity index (χ2n) is 8.02. The van der Waals surface area contributed by atoms with E-state index in [1.54, 1.807) is 26.5 Å². The normalized spacial score (nSPS) is 19.7. The minimum atomic E-state index is 0.178. The van der Waals surface area contributed by atoms with Crippen LogP contribution >= 0.6 is 0 Å². The van der Waals surface area contributed by atoms with E-state index < -0.39 is 0 Å². The summed E-state index contributed by atoms with van der Waals surface area (Å²) in [6.07, 6.45) is 4.66. The fourth-order valence-electron chi connectivity index (χ4n) is 4.21. The van der Waals surface area contributed by atoms with Crippen molar-refractivity contribution in [2.75, 3.05) is 27.8 Å². The number of carbonyl (C=O) groups is 1. The lowest BCUT2D eigenvalue weighted by Gasteiger charge is -2.35. The van der Waals surface area contributed by atoms with Gasteiger partial charge in [-0.05, 0) is 50.0 Å². The molecule has 0 radical (unpaired) electrons. The Morgan fingerprint density at radius 2 is 2.10 bits per heavy atom. The lowest BCUT2D eigenvalue weighted by molar-refractivity contribution is -0.119. The molecule has 0 saturated carbocycles. The van der Waals surface area contributed by atoms with Crippen LogP contribution in [0.15, 0.2) is 36.5 Å². The number of nitrogens with one attached hydrogen (secondary N) is 1. The minimum absolute atomic E-state index is 0.178. The third-order valence-electron chi connectivity index (χ3n) is 5.93. The number of hydrogen-bond acceptors (Lipinski definition) is 6. The van der Waals surface area contributed by atoms with Gasteiger partial charge in [-0.3, -0.25) is 9.69 Å². The third-order valence-corrected chi connectivity index (χ3v) is 5.93. The van der Waals surface area contributed by atoms with Gasteiger partial charge in [-0.15, -0.1) is 0 Å². The molecule has 30 heavy (non-hydrogen) atoms. The van der Waals surface area contributed by atoms with Crippen LogP contribution in [0.1, 0.15) is 36.7 Å². The standard InChI is InChI=1S/C23H28N4O3/c1-27-9-8-15(10-17(28)11-16-4-7-22(30-3)24-14-16)12-21(27)23-25-19-6-5-18(29-2)13-20(19)26-23/h4-7,13-15,21H,8-12H2,1-3H3,(H,25,26)/t15-,21+/m0/s1. The number of imidazole rings is 1. The molecule has 3 aromatic rings. The molecule has 0 spiro atoms. The number of methoxy groups -OCH3 is 2. The van der Waals surface area contributed by atoms with E-state index in [0.29, 0.717) is 24.6 Å². The number of rotatable bonds is 7. The van der Waals surface area contributed by atoms with Gasteiger partial charge in [-0.25, -0.2) is 9.97 Å². The zero-order chi connectivity index (χ0) is 21.1. The predicted octanol–water partition coefficient (Wildman–Crippen LogP) is 3.56. The molecule has 0 amide bonds. The van der Waals surface area contributed by atoms with Crippen LogP contribution in [-0.2, 0) is 11.2 Å². The Balaban J connectivity index is 1.42. The molecule has 7 heteroatoms. The Morgan fingerprint density at radius 3 is 2.83 bits per heavy atom. The van der Waals surface area contributed by atoms with Crippen molar-refractivity contribution in [3.05, 3.63) is 47.9 Å². The molecule has 1 fully saturated rings. The maximum atomic E-state index is 12.7. The number of nitrogens with zero attached hydrogens (tertiary/aromatic N) is 3. The van der Waals surface area contributed by atoms with Crippen molar-refractivity contribution >= 4 is 16.8 Å². The predicted molar refractivity (Wildman–Crippen MR) is 115 cm³/mol. The molecule has 3 heterocycles. The van der Waals surface area contributed by atoms with Crippen LogP contribution < -0.4 is 9.47 Å². The van der Waals surface area contributed by atoms with Crippen LogP contribution in [0.5, 0.6) is 11.6 Å². The summed E-state index contributed by atoms with van der Waals surface area (Å²) in [5, 5.41) is 0. The molecular formula is C23H28N4O3. The first kappa shape index (κ1) is 20.3. The largest absolute Gasteiger partial charge is 0.497 e. The second-order valence-corrected chi connectivity index (χ2v) is 8.02. The van der Waals surface area contributed by atoms with Gasteiger partial charge in [0.05, 0.1) is 31.3 Å². The summed E-state index contributed by atoms with van der Waals surface area (Å²) in [5.74, 6) is 2.94.